The number of aromatic nitrogens is 1. The molecule has 3 nitrogen and oxygen atoms in total. The number of aliphatic hydroxyl groups is 1. The van der Waals surface area contributed by atoms with Crippen molar-refractivity contribution < 1.29 is 18.6 Å². The molecular weight excluding hydrogens is 396 g/mol. The van der Waals surface area contributed by atoms with Gasteiger partial charge >= 0.3 is 0 Å². The van der Waals surface area contributed by atoms with E-state index in [1.54, 1.807) is 42.9 Å². The van der Waals surface area contributed by atoms with Crippen molar-refractivity contribution in [2.24, 2.45) is 0 Å². The molecule has 1 heterocycles. The zero-order valence-corrected chi connectivity index (χ0v) is 16.5. The van der Waals surface area contributed by atoms with E-state index in [2.05, 4.69) is 4.98 Å². The minimum atomic E-state index is -1.35. The minimum absolute atomic E-state index is 0.143. The van der Waals surface area contributed by atoms with Crippen molar-refractivity contribution in [3.05, 3.63) is 94.8 Å². The summed E-state index contributed by atoms with van der Waals surface area (Å²) in [7, 11) is 0. The summed E-state index contributed by atoms with van der Waals surface area (Å²) in [6, 6.07) is 10.8. The molecule has 1 aliphatic rings. The van der Waals surface area contributed by atoms with Crippen LogP contribution in [0.3, 0.4) is 0 Å². The molecular formula is C23H22ClF2NO2. The Morgan fingerprint density at radius 3 is 2.83 bits per heavy atom. The third-order valence-electron chi connectivity index (χ3n) is 4.58. The van der Waals surface area contributed by atoms with Crippen LogP contribution in [-0.4, -0.2) is 22.9 Å². The maximum atomic E-state index is 13.7. The van der Waals surface area contributed by atoms with Gasteiger partial charge in [-0.15, -0.1) is 0 Å². The van der Waals surface area contributed by atoms with Crippen molar-refractivity contribution in [1.29, 1.82) is 0 Å². The Hall–Kier alpha value is -2.50. The van der Waals surface area contributed by atoms with E-state index in [4.69, 9.17) is 16.3 Å². The molecule has 0 amide bonds. The molecule has 29 heavy (non-hydrogen) atoms. The SMILES string of the molecule is OC(C/C(=C\OCC1=CC(F)CC(F)=CC1)c1ccc(Cl)cc1)c1cccnc1. The van der Waals surface area contributed by atoms with Gasteiger partial charge in [-0.3, -0.25) is 4.98 Å². The van der Waals surface area contributed by atoms with Gasteiger partial charge in [-0.25, -0.2) is 8.78 Å². The molecule has 0 aliphatic heterocycles. The molecule has 3 rings (SSSR count). The minimum Gasteiger partial charge on any atom is -0.497 e. The standard InChI is InChI=1S/C23H22ClF2NO2/c24-20-6-4-17(5-7-20)19(11-23(28)18-2-1-9-27-13-18)15-29-14-16-3-8-21(25)12-22(26)10-16/h1-2,4-10,13,15,22-23,28H,3,11-12,14H2/b19-15+. The molecule has 0 fully saturated rings. The fourth-order valence-corrected chi connectivity index (χ4v) is 3.17. The molecule has 0 saturated carbocycles. The Balaban J connectivity index is 1.74. The van der Waals surface area contributed by atoms with E-state index in [-0.39, 0.29) is 13.0 Å². The van der Waals surface area contributed by atoms with E-state index in [1.807, 2.05) is 12.1 Å². The summed E-state index contributed by atoms with van der Waals surface area (Å²) in [5.41, 5.74) is 2.97. The van der Waals surface area contributed by atoms with Crippen LogP contribution in [0.15, 0.2) is 78.6 Å². The summed E-state index contributed by atoms with van der Waals surface area (Å²) in [6.07, 6.45) is 5.87. The molecule has 6 heteroatoms. The zero-order valence-electron chi connectivity index (χ0n) is 15.8. The smallest absolute Gasteiger partial charge is 0.125 e. The number of allylic oxidation sites excluding steroid dienone is 3. The van der Waals surface area contributed by atoms with E-state index in [9.17, 15) is 13.9 Å². The van der Waals surface area contributed by atoms with Crippen LogP contribution in [0.25, 0.3) is 5.57 Å². The molecule has 0 bridgehead atoms. The van der Waals surface area contributed by atoms with Crippen molar-refractivity contribution >= 4 is 17.2 Å². The van der Waals surface area contributed by atoms with Crippen LogP contribution in [0.5, 0.6) is 0 Å². The van der Waals surface area contributed by atoms with Crippen molar-refractivity contribution in [1.82, 2.24) is 4.98 Å². The lowest BCUT2D eigenvalue weighted by molar-refractivity contribution is 0.182. The first-order valence-electron chi connectivity index (χ1n) is 9.34. The fourth-order valence-electron chi connectivity index (χ4n) is 3.05. The van der Waals surface area contributed by atoms with Crippen molar-refractivity contribution in [3.8, 4) is 0 Å². The molecule has 1 N–H and O–H groups in total. The lowest BCUT2D eigenvalue weighted by atomic mass is 9.98. The first-order chi connectivity index (χ1) is 14.0. The van der Waals surface area contributed by atoms with Crippen LogP contribution >= 0.6 is 11.6 Å². The van der Waals surface area contributed by atoms with Crippen molar-refractivity contribution in [3.63, 3.8) is 0 Å². The van der Waals surface area contributed by atoms with Crippen LogP contribution in [0.4, 0.5) is 8.78 Å². The van der Waals surface area contributed by atoms with Crippen LogP contribution in [0.1, 0.15) is 36.5 Å². The summed E-state index contributed by atoms with van der Waals surface area (Å²) in [5.74, 6) is -0.444. The van der Waals surface area contributed by atoms with Crippen molar-refractivity contribution in [2.45, 2.75) is 31.5 Å². The highest BCUT2D eigenvalue weighted by Gasteiger charge is 2.15. The zero-order chi connectivity index (χ0) is 20.6. The normalized spacial score (nSPS) is 18.5. The van der Waals surface area contributed by atoms with Crippen LogP contribution < -0.4 is 0 Å². The summed E-state index contributed by atoms with van der Waals surface area (Å²) in [5, 5.41) is 11.2. The van der Waals surface area contributed by atoms with E-state index in [1.165, 1.54) is 12.2 Å². The summed E-state index contributed by atoms with van der Waals surface area (Å²) in [4.78, 5) is 4.04. The van der Waals surface area contributed by atoms with Gasteiger partial charge in [0, 0.05) is 30.3 Å². The van der Waals surface area contributed by atoms with Gasteiger partial charge in [-0.1, -0.05) is 29.8 Å². The Morgan fingerprint density at radius 1 is 1.31 bits per heavy atom. The monoisotopic (exact) mass is 417 g/mol. The number of nitrogens with zero attached hydrogens (tertiary/aromatic N) is 1. The first-order valence-corrected chi connectivity index (χ1v) is 9.72. The molecule has 152 valence electrons. The molecule has 1 aromatic carbocycles. The number of rotatable bonds is 7. The molecule has 2 atom stereocenters. The molecule has 0 radical (unpaired) electrons. The summed E-state index contributed by atoms with van der Waals surface area (Å²) in [6.45, 7) is 0.143. The topological polar surface area (TPSA) is 42.4 Å². The number of hydrogen-bond acceptors (Lipinski definition) is 3. The van der Waals surface area contributed by atoms with Gasteiger partial charge in [0.2, 0.25) is 0 Å². The third-order valence-corrected chi connectivity index (χ3v) is 4.84. The molecule has 2 aromatic rings. The summed E-state index contributed by atoms with van der Waals surface area (Å²) >= 11 is 5.98. The van der Waals surface area contributed by atoms with Gasteiger partial charge in [0.1, 0.15) is 12.8 Å². The maximum Gasteiger partial charge on any atom is 0.125 e. The number of ether oxygens (including phenoxy) is 1. The van der Waals surface area contributed by atoms with E-state index in [0.29, 0.717) is 29.0 Å². The Kier molecular flexibility index (Phi) is 7.55. The molecule has 1 aliphatic carbocycles. The number of halogens is 3. The molecule has 0 spiro atoms. The van der Waals surface area contributed by atoms with Gasteiger partial charge < -0.3 is 9.84 Å². The average molecular weight is 418 g/mol. The molecule has 1 aromatic heterocycles. The first kappa shape index (κ1) is 21.2. The highest BCUT2D eigenvalue weighted by atomic mass is 35.5. The second-order valence-electron chi connectivity index (χ2n) is 6.87. The number of alkyl halides is 1. The van der Waals surface area contributed by atoms with Gasteiger partial charge in [-0.2, -0.15) is 0 Å². The fraction of sp³-hybridized carbons (Fsp3) is 0.261. The maximum absolute atomic E-state index is 13.7. The van der Waals surface area contributed by atoms with E-state index in [0.717, 1.165) is 11.1 Å². The van der Waals surface area contributed by atoms with Gasteiger partial charge in [0.05, 0.1) is 18.2 Å². The number of pyridine rings is 1. The van der Waals surface area contributed by atoms with E-state index < -0.39 is 18.1 Å². The van der Waals surface area contributed by atoms with Crippen LogP contribution in [-0.2, 0) is 4.74 Å². The third kappa shape index (κ3) is 6.51. The Bertz CT molecular complexity index is 895. The number of hydrogen-bond donors (Lipinski definition) is 1. The van der Waals surface area contributed by atoms with E-state index >= 15 is 0 Å². The Labute approximate surface area is 174 Å². The van der Waals surface area contributed by atoms with Gasteiger partial charge in [-0.05, 0) is 59.0 Å². The predicted molar refractivity (Wildman–Crippen MR) is 111 cm³/mol. The van der Waals surface area contributed by atoms with Crippen molar-refractivity contribution in [2.75, 3.05) is 6.61 Å². The highest BCUT2D eigenvalue weighted by Crippen LogP contribution is 2.28. The van der Waals surface area contributed by atoms with Gasteiger partial charge in [0.25, 0.3) is 0 Å². The second-order valence-corrected chi connectivity index (χ2v) is 7.30. The van der Waals surface area contributed by atoms with Crippen LogP contribution in [0, 0.1) is 0 Å². The average Bonchev–Trinajstić information content (AvgIpc) is 2.88. The van der Waals surface area contributed by atoms with Gasteiger partial charge in [0.15, 0.2) is 0 Å². The van der Waals surface area contributed by atoms with Crippen LogP contribution in [0.2, 0.25) is 5.02 Å². The molecule has 2 unspecified atom stereocenters. The second kappa shape index (κ2) is 10.3. The largest absolute Gasteiger partial charge is 0.497 e. The summed E-state index contributed by atoms with van der Waals surface area (Å²) < 4.78 is 32.8. The number of aliphatic hydroxyl groups excluding tert-OH is 1. The highest BCUT2D eigenvalue weighted by molar-refractivity contribution is 6.30. The quantitative estimate of drug-likeness (QED) is 0.435. The lowest BCUT2D eigenvalue weighted by Crippen LogP contribution is -2.02. The number of benzene rings is 1. The Morgan fingerprint density at radius 2 is 2.10 bits per heavy atom. The molecule has 0 saturated heterocycles. The predicted octanol–water partition coefficient (Wildman–Crippen LogP) is 6.13. The lowest BCUT2D eigenvalue weighted by Gasteiger charge is -2.15.